The minimum Gasteiger partial charge on any atom is -0.496 e. The van der Waals surface area contributed by atoms with E-state index in [9.17, 15) is 0 Å². The topological polar surface area (TPSA) is 44.5 Å². The molecular weight excluding hydrogens is 294 g/mol. The predicted octanol–water partition coefficient (Wildman–Crippen LogP) is 2.75. The summed E-state index contributed by atoms with van der Waals surface area (Å²) in [6.45, 7) is 3.05. The average molecular weight is 314 g/mol. The lowest BCUT2D eigenvalue weighted by Gasteiger charge is -2.22. The summed E-state index contributed by atoms with van der Waals surface area (Å²) < 4.78 is 11.9. The van der Waals surface area contributed by atoms with E-state index >= 15 is 0 Å². The number of rotatable bonds is 4. The number of hydrogen-bond acceptors (Lipinski definition) is 3. The second kappa shape index (κ2) is 6.04. The molecule has 1 aromatic rings. The van der Waals surface area contributed by atoms with E-state index in [0.717, 1.165) is 29.7 Å². The molecule has 0 aliphatic carbocycles. The van der Waals surface area contributed by atoms with Gasteiger partial charge in [0.05, 0.1) is 17.7 Å². The van der Waals surface area contributed by atoms with Gasteiger partial charge in [0.1, 0.15) is 5.75 Å². The summed E-state index contributed by atoms with van der Waals surface area (Å²) in [5.41, 5.74) is 7.46. The van der Waals surface area contributed by atoms with Crippen LogP contribution in [0.4, 0.5) is 0 Å². The van der Waals surface area contributed by atoms with Crippen molar-refractivity contribution in [3.8, 4) is 5.75 Å². The van der Waals surface area contributed by atoms with Gasteiger partial charge >= 0.3 is 0 Å². The number of methoxy groups -OCH3 is 1. The van der Waals surface area contributed by atoms with Crippen molar-refractivity contribution in [3.05, 3.63) is 28.2 Å². The second-order valence-electron chi connectivity index (χ2n) is 4.94. The fourth-order valence-electron chi connectivity index (χ4n) is 2.49. The molecule has 4 heteroatoms. The lowest BCUT2D eigenvalue weighted by Crippen LogP contribution is -2.39. The largest absolute Gasteiger partial charge is 0.496 e. The fourth-order valence-corrected chi connectivity index (χ4v) is 3.08. The number of ether oxygens (including phenoxy) is 2. The van der Waals surface area contributed by atoms with Gasteiger partial charge in [0.15, 0.2) is 0 Å². The first-order chi connectivity index (χ1) is 8.61. The summed E-state index contributed by atoms with van der Waals surface area (Å²) in [6.07, 6.45) is 2.13. The Morgan fingerprint density at radius 1 is 1.56 bits per heavy atom. The zero-order valence-corrected chi connectivity index (χ0v) is 12.4. The molecule has 100 valence electrons. The van der Waals surface area contributed by atoms with Crippen LogP contribution in [0.5, 0.6) is 5.75 Å². The molecule has 3 atom stereocenters. The summed E-state index contributed by atoms with van der Waals surface area (Å²) in [5.74, 6) is 1.40. The molecule has 2 N–H and O–H groups in total. The number of hydrogen-bond donors (Lipinski definition) is 1. The fraction of sp³-hybridized carbons (Fsp3) is 0.571. The van der Waals surface area contributed by atoms with Crippen molar-refractivity contribution in [2.24, 2.45) is 11.7 Å². The van der Waals surface area contributed by atoms with Crippen LogP contribution in [0.3, 0.4) is 0 Å². The zero-order valence-electron chi connectivity index (χ0n) is 10.9. The Morgan fingerprint density at radius 2 is 2.33 bits per heavy atom. The maximum atomic E-state index is 6.25. The molecular formula is C14H20BrNO2. The molecule has 0 radical (unpaired) electrons. The normalized spacial score (nSPS) is 25.1. The zero-order chi connectivity index (χ0) is 13.1. The third kappa shape index (κ3) is 3.05. The first kappa shape index (κ1) is 13.8. The summed E-state index contributed by atoms with van der Waals surface area (Å²) in [4.78, 5) is 0. The Hall–Kier alpha value is -0.580. The van der Waals surface area contributed by atoms with Gasteiger partial charge in [-0.25, -0.2) is 0 Å². The molecule has 2 rings (SSSR count). The van der Waals surface area contributed by atoms with E-state index in [4.69, 9.17) is 15.2 Å². The van der Waals surface area contributed by atoms with Gasteiger partial charge in [0, 0.05) is 12.6 Å². The molecule has 1 heterocycles. The molecule has 1 aromatic carbocycles. The van der Waals surface area contributed by atoms with E-state index < -0.39 is 0 Å². The summed E-state index contributed by atoms with van der Waals surface area (Å²) in [5, 5.41) is 0. The molecule has 18 heavy (non-hydrogen) atoms. The number of benzene rings is 1. The molecule has 1 fully saturated rings. The summed E-state index contributed by atoms with van der Waals surface area (Å²) >= 11 is 3.50. The smallest absolute Gasteiger partial charge is 0.133 e. The average Bonchev–Trinajstić information content (AvgIpc) is 2.76. The Bertz CT molecular complexity index is 411. The predicted molar refractivity (Wildman–Crippen MR) is 75.9 cm³/mol. The van der Waals surface area contributed by atoms with Crippen LogP contribution in [0.15, 0.2) is 22.7 Å². The summed E-state index contributed by atoms with van der Waals surface area (Å²) in [7, 11) is 1.67. The quantitative estimate of drug-likeness (QED) is 0.929. The monoisotopic (exact) mass is 313 g/mol. The maximum Gasteiger partial charge on any atom is 0.133 e. The molecule has 1 aliphatic rings. The Balaban J connectivity index is 2.02. The lowest BCUT2D eigenvalue weighted by molar-refractivity contribution is 0.0726. The second-order valence-corrected chi connectivity index (χ2v) is 5.79. The third-order valence-corrected chi connectivity index (χ3v) is 4.17. The van der Waals surface area contributed by atoms with Gasteiger partial charge in [-0.3, -0.25) is 0 Å². The van der Waals surface area contributed by atoms with E-state index in [2.05, 4.69) is 35.0 Å². The van der Waals surface area contributed by atoms with Crippen LogP contribution < -0.4 is 10.5 Å². The first-order valence-corrected chi connectivity index (χ1v) is 7.10. The van der Waals surface area contributed by atoms with Crippen LogP contribution in [-0.4, -0.2) is 25.9 Å². The van der Waals surface area contributed by atoms with Gasteiger partial charge in [-0.05, 0) is 52.4 Å². The van der Waals surface area contributed by atoms with Crippen molar-refractivity contribution in [1.82, 2.24) is 0 Å². The van der Waals surface area contributed by atoms with E-state index in [-0.39, 0.29) is 12.1 Å². The minimum atomic E-state index is 0.0581. The highest BCUT2D eigenvalue weighted by Gasteiger charge is 2.29. The van der Waals surface area contributed by atoms with E-state index in [1.54, 1.807) is 7.11 Å². The van der Waals surface area contributed by atoms with Crippen molar-refractivity contribution < 1.29 is 9.47 Å². The van der Waals surface area contributed by atoms with E-state index in [0.29, 0.717) is 5.92 Å². The van der Waals surface area contributed by atoms with Gasteiger partial charge in [-0.1, -0.05) is 13.0 Å². The van der Waals surface area contributed by atoms with Crippen LogP contribution >= 0.6 is 15.9 Å². The molecule has 3 unspecified atom stereocenters. The van der Waals surface area contributed by atoms with Crippen LogP contribution in [0.25, 0.3) is 0 Å². The SMILES string of the molecule is COc1ccc(CC(N)C2OCCC2C)cc1Br. The van der Waals surface area contributed by atoms with Crippen molar-refractivity contribution in [1.29, 1.82) is 0 Å². The van der Waals surface area contributed by atoms with Gasteiger partial charge in [0.2, 0.25) is 0 Å². The number of halogens is 1. The number of nitrogens with two attached hydrogens (primary N) is 1. The van der Waals surface area contributed by atoms with Crippen LogP contribution in [-0.2, 0) is 11.2 Å². The molecule has 3 nitrogen and oxygen atoms in total. The molecule has 1 saturated heterocycles. The molecule has 0 bridgehead atoms. The highest BCUT2D eigenvalue weighted by Crippen LogP contribution is 2.28. The highest BCUT2D eigenvalue weighted by atomic mass is 79.9. The van der Waals surface area contributed by atoms with Gasteiger partial charge in [-0.2, -0.15) is 0 Å². The van der Waals surface area contributed by atoms with Gasteiger partial charge in [-0.15, -0.1) is 0 Å². The lowest BCUT2D eigenvalue weighted by atomic mass is 9.93. The molecule has 0 amide bonds. The van der Waals surface area contributed by atoms with Crippen LogP contribution in [0, 0.1) is 5.92 Å². The first-order valence-electron chi connectivity index (χ1n) is 6.31. The molecule has 0 aromatic heterocycles. The van der Waals surface area contributed by atoms with Crippen LogP contribution in [0.1, 0.15) is 18.9 Å². The molecule has 0 spiro atoms. The van der Waals surface area contributed by atoms with Crippen molar-refractivity contribution in [2.75, 3.05) is 13.7 Å². The van der Waals surface area contributed by atoms with Gasteiger partial charge < -0.3 is 15.2 Å². The maximum absolute atomic E-state index is 6.25. The highest BCUT2D eigenvalue weighted by molar-refractivity contribution is 9.10. The van der Waals surface area contributed by atoms with Crippen molar-refractivity contribution in [3.63, 3.8) is 0 Å². The van der Waals surface area contributed by atoms with E-state index in [1.807, 2.05) is 6.07 Å². The van der Waals surface area contributed by atoms with Gasteiger partial charge in [0.25, 0.3) is 0 Å². The van der Waals surface area contributed by atoms with Crippen molar-refractivity contribution >= 4 is 15.9 Å². The third-order valence-electron chi connectivity index (χ3n) is 3.55. The Labute approximate surface area is 117 Å². The van der Waals surface area contributed by atoms with E-state index in [1.165, 1.54) is 5.56 Å². The van der Waals surface area contributed by atoms with Crippen molar-refractivity contribution in [2.45, 2.75) is 31.9 Å². The van der Waals surface area contributed by atoms with Crippen LogP contribution in [0.2, 0.25) is 0 Å². The standard InChI is InChI=1S/C14H20BrNO2/c1-9-5-6-18-14(9)12(16)8-10-3-4-13(17-2)11(15)7-10/h3-4,7,9,12,14H,5-6,8,16H2,1-2H3. The molecule has 0 saturated carbocycles. The Morgan fingerprint density at radius 3 is 2.89 bits per heavy atom. The minimum absolute atomic E-state index is 0.0581. The Kier molecular flexibility index (Phi) is 4.65. The summed E-state index contributed by atoms with van der Waals surface area (Å²) in [6, 6.07) is 6.15. The molecule has 1 aliphatic heterocycles.